The Kier molecular flexibility index (Phi) is 4.87. The van der Waals surface area contributed by atoms with Gasteiger partial charge in [-0.15, -0.1) is 0 Å². The molecule has 0 fully saturated rings. The van der Waals surface area contributed by atoms with Crippen LogP contribution in [0.1, 0.15) is 12.0 Å². The number of primary amides is 1. The third-order valence-electron chi connectivity index (χ3n) is 2.40. The maximum Gasteiger partial charge on any atom is 0.326 e. The monoisotopic (exact) mass is 265 g/mol. The Hall–Kier alpha value is -2.57. The van der Waals surface area contributed by atoms with Crippen LogP contribution in [0.2, 0.25) is 0 Å². The summed E-state index contributed by atoms with van der Waals surface area (Å²) in [5, 5.41) is 13.5. The van der Waals surface area contributed by atoms with Crippen LogP contribution < -0.4 is 16.4 Å². The first-order valence-electron chi connectivity index (χ1n) is 5.54. The van der Waals surface area contributed by atoms with Gasteiger partial charge >= 0.3 is 12.0 Å². The van der Waals surface area contributed by atoms with Gasteiger partial charge < -0.3 is 21.5 Å². The Labute approximate surface area is 109 Å². The van der Waals surface area contributed by atoms with Crippen LogP contribution in [0.25, 0.3) is 0 Å². The molecular weight excluding hydrogens is 250 g/mol. The van der Waals surface area contributed by atoms with Crippen molar-refractivity contribution in [2.75, 3.05) is 5.32 Å². The molecule has 1 atom stereocenters. The summed E-state index contributed by atoms with van der Waals surface area (Å²) in [4.78, 5) is 33.2. The minimum atomic E-state index is -1.35. The van der Waals surface area contributed by atoms with Crippen LogP contribution in [0.3, 0.4) is 0 Å². The van der Waals surface area contributed by atoms with Crippen molar-refractivity contribution in [1.29, 1.82) is 0 Å². The summed E-state index contributed by atoms with van der Waals surface area (Å²) in [5.74, 6) is -2.12. The van der Waals surface area contributed by atoms with Crippen molar-refractivity contribution in [1.82, 2.24) is 5.32 Å². The largest absolute Gasteiger partial charge is 0.480 e. The molecule has 0 aliphatic heterocycles. The lowest BCUT2D eigenvalue weighted by Gasteiger charge is -2.14. The molecule has 19 heavy (non-hydrogen) atoms. The van der Waals surface area contributed by atoms with Gasteiger partial charge in [0.15, 0.2) is 0 Å². The second-order valence-electron chi connectivity index (χ2n) is 3.97. The molecule has 0 saturated heterocycles. The molecule has 3 amide bonds. The van der Waals surface area contributed by atoms with Gasteiger partial charge in [0.1, 0.15) is 6.04 Å². The van der Waals surface area contributed by atoms with Crippen molar-refractivity contribution >= 4 is 23.6 Å². The molecule has 1 rings (SSSR count). The normalized spacial score (nSPS) is 11.4. The molecule has 1 aromatic rings. The number of carbonyl (C=O) groups is 3. The third-order valence-corrected chi connectivity index (χ3v) is 2.40. The first kappa shape index (κ1) is 14.5. The van der Waals surface area contributed by atoms with Crippen LogP contribution >= 0.6 is 0 Å². The predicted octanol–water partition coefficient (Wildman–Crippen LogP) is 0.445. The number of carboxylic acid groups (broad SMARTS) is 1. The van der Waals surface area contributed by atoms with Gasteiger partial charge in [-0.1, -0.05) is 18.2 Å². The average Bonchev–Trinajstić information content (AvgIpc) is 2.30. The van der Waals surface area contributed by atoms with Crippen LogP contribution in [0.4, 0.5) is 10.5 Å². The second kappa shape index (κ2) is 6.39. The standard InChI is InChI=1S/C12H15N3O4/c1-7-4-2-3-5-8(7)14-12(19)15-9(11(17)18)6-10(13)16/h2-5,9H,6H2,1H3,(H2,13,16)(H,17,18)(H2,14,15,19). The number of para-hydroxylation sites is 1. The van der Waals surface area contributed by atoms with E-state index in [0.29, 0.717) is 5.69 Å². The highest BCUT2D eigenvalue weighted by Crippen LogP contribution is 2.12. The van der Waals surface area contributed by atoms with E-state index in [-0.39, 0.29) is 0 Å². The number of benzene rings is 1. The van der Waals surface area contributed by atoms with Crippen molar-refractivity contribution in [3.05, 3.63) is 29.8 Å². The highest BCUT2D eigenvalue weighted by molar-refractivity contribution is 5.94. The lowest BCUT2D eigenvalue weighted by molar-refractivity contribution is -0.140. The summed E-state index contributed by atoms with van der Waals surface area (Å²) in [6.45, 7) is 1.80. The number of nitrogens with two attached hydrogens (primary N) is 1. The fourth-order valence-corrected chi connectivity index (χ4v) is 1.43. The molecule has 5 N–H and O–H groups in total. The minimum absolute atomic E-state index is 0.462. The van der Waals surface area contributed by atoms with Crippen molar-refractivity contribution < 1.29 is 19.5 Å². The lowest BCUT2D eigenvalue weighted by atomic mass is 10.2. The van der Waals surface area contributed by atoms with E-state index in [1.165, 1.54) is 0 Å². The SMILES string of the molecule is Cc1ccccc1NC(=O)NC(CC(N)=O)C(=O)O. The van der Waals surface area contributed by atoms with Crippen LogP contribution in [0.15, 0.2) is 24.3 Å². The van der Waals surface area contributed by atoms with Crippen molar-refractivity contribution in [2.24, 2.45) is 5.73 Å². The van der Waals surface area contributed by atoms with Gasteiger partial charge in [-0.05, 0) is 18.6 Å². The number of carboxylic acids is 1. The zero-order valence-electron chi connectivity index (χ0n) is 10.3. The Morgan fingerprint density at radius 1 is 1.32 bits per heavy atom. The minimum Gasteiger partial charge on any atom is -0.480 e. The van der Waals surface area contributed by atoms with E-state index in [0.717, 1.165) is 5.56 Å². The number of amides is 3. The fourth-order valence-electron chi connectivity index (χ4n) is 1.43. The number of urea groups is 1. The molecule has 0 aliphatic carbocycles. The quantitative estimate of drug-likeness (QED) is 0.617. The van der Waals surface area contributed by atoms with Crippen LogP contribution in [-0.2, 0) is 9.59 Å². The maximum atomic E-state index is 11.6. The van der Waals surface area contributed by atoms with Crippen molar-refractivity contribution in [2.45, 2.75) is 19.4 Å². The van der Waals surface area contributed by atoms with Gasteiger partial charge in [-0.2, -0.15) is 0 Å². The second-order valence-corrected chi connectivity index (χ2v) is 3.97. The Bertz CT molecular complexity index is 502. The Balaban J connectivity index is 2.65. The summed E-state index contributed by atoms with van der Waals surface area (Å²) >= 11 is 0. The number of aryl methyl sites for hydroxylation is 1. The molecule has 0 aliphatic rings. The topological polar surface area (TPSA) is 122 Å². The average molecular weight is 265 g/mol. The number of hydrogen-bond acceptors (Lipinski definition) is 3. The predicted molar refractivity (Wildman–Crippen MR) is 68.6 cm³/mol. The summed E-state index contributed by atoms with van der Waals surface area (Å²) in [6.07, 6.45) is -0.462. The molecule has 7 heteroatoms. The van der Waals surface area contributed by atoms with Gasteiger partial charge in [0.2, 0.25) is 5.91 Å². The Morgan fingerprint density at radius 3 is 2.47 bits per heavy atom. The van der Waals surface area contributed by atoms with E-state index < -0.39 is 30.4 Å². The molecule has 0 heterocycles. The van der Waals surface area contributed by atoms with E-state index in [1.807, 2.05) is 6.07 Å². The zero-order valence-corrected chi connectivity index (χ0v) is 10.3. The number of carbonyl (C=O) groups excluding carboxylic acids is 2. The molecule has 0 spiro atoms. The summed E-state index contributed by atoms with van der Waals surface area (Å²) in [6, 6.07) is 4.98. The Morgan fingerprint density at radius 2 is 1.95 bits per heavy atom. The molecule has 0 saturated carbocycles. The first-order valence-corrected chi connectivity index (χ1v) is 5.54. The highest BCUT2D eigenvalue weighted by atomic mass is 16.4. The molecule has 7 nitrogen and oxygen atoms in total. The van der Waals surface area contributed by atoms with Crippen molar-refractivity contribution in [3.63, 3.8) is 0 Å². The maximum absolute atomic E-state index is 11.6. The van der Waals surface area contributed by atoms with E-state index in [2.05, 4.69) is 10.6 Å². The van der Waals surface area contributed by atoms with Crippen LogP contribution in [0, 0.1) is 6.92 Å². The van der Waals surface area contributed by atoms with E-state index in [4.69, 9.17) is 10.8 Å². The molecule has 0 aromatic heterocycles. The zero-order chi connectivity index (χ0) is 14.4. The fraction of sp³-hybridized carbons (Fsp3) is 0.250. The summed E-state index contributed by atoms with van der Waals surface area (Å²) < 4.78 is 0. The van der Waals surface area contributed by atoms with Gasteiger partial charge in [0.05, 0.1) is 6.42 Å². The molecule has 0 radical (unpaired) electrons. The highest BCUT2D eigenvalue weighted by Gasteiger charge is 2.22. The summed E-state index contributed by atoms with van der Waals surface area (Å²) in [5.41, 5.74) is 6.30. The molecule has 1 aromatic carbocycles. The van der Waals surface area contributed by atoms with Gasteiger partial charge in [0.25, 0.3) is 0 Å². The first-order chi connectivity index (χ1) is 8.90. The number of rotatable bonds is 5. The van der Waals surface area contributed by atoms with E-state index in [9.17, 15) is 14.4 Å². The van der Waals surface area contributed by atoms with E-state index in [1.54, 1.807) is 25.1 Å². The summed E-state index contributed by atoms with van der Waals surface area (Å²) in [7, 11) is 0. The number of hydrogen-bond donors (Lipinski definition) is 4. The number of nitrogens with one attached hydrogen (secondary N) is 2. The molecule has 102 valence electrons. The molecule has 1 unspecified atom stereocenters. The molecule has 0 bridgehead atoms. The molecular formula is C12H15N3O4. The van der Waals surface area contributed by atoms with Gasteiger partial charge in [-0.3, -0.25) is 4.79 Å². The van der Waals surface area contributed by atoms with E-state index >= 15 is 0 Å². The van der Waals surface area contributed by atoms with Gasteiger partial charge in [-0.25, -0.2) is 9.59 Å². The van der Waals surface area contributed by atoms with Crippen LogP contribution in [0.5, 0.6) is 0 Å². The number of anilines is 1. The lowest BCUT2D eigenvalue weighted by Crippen LogP contribution is -2.45. The van der Waals surface area contributed by atoms with Crippen molar-refractivity contribution in [3.8, 4) is 0 Å². The van der Waals surface area contributed by atoms with Crippen LogP contribution in [-0.4, -0.2) is 29.1 Å². The number of aliphatic carboxylic acids is 1. The van der Waals surface area contributed by atoms with Gasteiger partial charge in [0, 0.05) is 5.69 Å². The smallest absolute Gasteiger partial charge is 0.326 e. The third kappa shape index (κ3) is 4.66.